The van der Waals surface area contributed by atoms with Crippen molar-refractivity contribution in [1.82, 2.24) is 24.8 Å². The predicted octanol–water partition coefficient (Wildman–Crippen LogP) is 5.88. The second kappa shape index (κ2) is 11.6. The molecule has 3 aromatic heterocycles. The maximum Gasteiger partial charge on any atom is 0.319 e. The molecule has 0 radical (unpaired) electrons. The van der Waals surface area contributed by atoms with Crippen LogP contribution in [0.4, 0.5) is 29.7 Å². The molecule has 7 rings (SSSR count). The Kier molecular flexibility index (Phi) is 7.71. The number of nitrogen functional groups attached to an aromatic ring is 1. The summed E-state index contributed by atoms with van der Waals surface area (Å²) in [5, 5.41) is 0.634. The first-order valence-corrected chi connectivity index (χ1v) is 16.3. The fourth-order valence-electron chi connectivity index (χ4n) is 7.47. The first-order valence-electron chi connectivity index (χ1n) is 15.5. The molecule has 1 aromatic carbocycles. The standard InChI is InChI=1S/C33H33F3N8O2S/c1-5-23(45)43-13-18(3)44(14-17(43)2)31-21-12-39-26(20-7-8-22(35)29-24(20)28(38-4)30(37)47-29)25(36)27(21)40-32(41-31)46-16-33-9-6-10-42(33)15-19(34)11-33/h5,7-8,12,17-19H,1,6,9-11,13-16,37H2,2-3H3. The average molecular weight is 663 g/mol. The summed E-state index contributed by atoms with van der Waals surface area (Å²) in [5.41, 5.74) is 5.62. The van der Waals surface area contributed by atoms with E-state index in [1.807, 2.05) is 18.7 Å². The summed E-state index contributed by atoms with van der Waals surface area (Å²) in [6.07, 6.45) is 3.85. The monoisotopic (exact) mass is 662 g/mol. The van der Waals surface area contributed by atoms with Gasteiger partial charge in [-0.3, -0.25) is 14.7 Å². The number of piperazine rings is 1. The van der Waals surface area contributed by atoms with Crippen molar-refractivity contribution in [2.24, 2.45) is 0 Å². The van der Waals surface area contributed by atoms with Crippen molar-refractivity contribution in [3.05, 3.63) is 54.0 Å². The Balaban J connectivity index is 1.36. The van der Waals surface area contributed by atoms with Gasteiger partial charge < -0.3 is 20.3 Å². The zero-order valence-electron chi connectivity index (χ0n) is 26.0. The first kappa shape index (κ1) is 31.1. The molecule has 14 heteroatoms. The number of halogens is 3. The van der Waals surface area contributed by atoms with Crippen LogP contribution in [0, 0.1) is 18.2 Å². The number of benzene rings is 1. The summed E-state index contributed by atoms with van der Waals surface area (Å²) in [4.78, 5) is 35.6. The number of nitrogens with zero attached hydrogens (tertiary/aromatic N) is 7. The molecule has 6 heterocycles. The minimum absolute atomic E-state index is 0.0334. The average Bonchev–Trinajstić information content (AvgIpc) is 3.70. The zero-order valence-corrected chi connectivity index (χ0v) is 26.8. The lowest BCUT2D eigenvalue weighted by Crippen LogP contribution is -2.58. The van der Waals surface area contributed by atoms with Crippen LogP contribution in [0.3, 0.4) is 0 Å². The molecular formula is C33H33F3N8O2S. The van der Waals surface area contributed by atoms with E-state index in [1.54, 1.807) is 4.90 Å². The summed E-state index contributed by atoms with van der Waals surface area (Å²) >= 11 is 0.923. The molecule has 3 aliphatic rings. The number of rotatable bonds is 6. The zero-order chi connectivity index (χ0) is 33.2. The third-order valence-corrected chi connectivity index (χ3v) is 10.8. The molecule has 3 fully saturated rings. The van der Waals surface area contributed by atoms with Crippen LogP contribution in [0.5, 0.6) is 6.01 Å². The summed E-state index contributed by atoms with van der Waals surface area (Å²) in [5.74, 6) is -1.16. The molecule has 244 valence electrons. The van der Waals surface area contributed by atoms with Crippen molar-refractivity contribution >= 4 is 54.7 Å². The Morgan fingerprint density at radius 2 is 2.06 bits per heavy atom. The number of alkyl halides is 1. The molecule has 10 nitrogen and oxygen atoms in total. The third kappa shape index (κ3) is 5.03. The van der Waals surface area contributed by atoms with Crippen molar-refractivity contribution in [3.8, 4) is 17.3 Å². The molecule has 4 atom stereocenters. The van der Waals surface area contributed by atoms with Gasteiger partial charge in [0.1, 0.15) is 35.6 Å². The van der Waals surface area contributed by atoms with E-state index in [0.717, 1.165) is 30.7 Å². The normalized spacial score (nSPS) is 24.6. The Bertz CT molecular complexity index is 1980. The number of nitrogens with two attached hydrogens (primary N) is 1. The first-order chi connectivity index (χ1) is 22.5. The van der Waals surface area contributed by atoms with Gasteiger partial charge in [-0.15, -0.1) is 11.3 Å². The smallest absolute Gasteiger partial charge is 0.319 e. The van der Waals surface area contributed by atoms with Crippen LogP contribution in [-0.2, 0) is 4.79 Å². The van der Waals surface area contributed by atoms with Crippen molar-refractivity contribution in [2.75, 3.05) is 43.4 Å². The van der Waals surface area contributed by atoms with Crippen molar-refractivity contribution < 1.29 is 22.7 Å². The lowest BCUT2D eigenvalue weighted by atomic mass is 9.95. The second-order valence-corrected chi connectivity index (χ2v) is 13.7. The van der Waals surface area contributed by atoms with Gasteiger partial charge in [-0.25, -0.2) is 18.0 Å². The quantitative estimate of drug-likeness (QED) is 0.202. The SMILES string of the molecule is [C-]#[N+]c1c(N)sc2c(F)ccc(-c3ncc4c(N5CC(C)N(C(=O)C=C)CC5C)nc(OCC56CCCN5CC(F)C6)nc4c3F)c12. The van der Waals surface area contributed by atoms with Crippen LogP contribution >= 0.6 is 11.3 Å². The van der Waals surface area contributed by atoms with Gasteiger partial charge >= 0.3 is 6.01 Å². The van der Waals surface area contributed by atoms with E-state index in [2.05, 4.69) is 26.3 Å². The molecule has 0 bridgehead atoms. The van der Waals surface area contributed by atoms with Gasteiger partial charge in [-0.2, -0.15) is 9.97 Å². The Morgan fingerprint density at radius 3 is 2.83 bits per heavy atom. The summed E-state index contributed by atoms with van der Waals surface area (Å²) in [6.45, 7) is 17.2. The minimum atomic E-state index is -0.950. The van der Waals surface area contributed by atoms with Crippen LogP contribution in [0.2, 0.25) is 0 Å². The number of carbonyl (C=O) groups is 1. The highest BCUT2D eigenvalue weighted by Gasteiger charge is 2.49. The van der Waals surface area contributed by atoms with Crippen LogP contribution in [0.15, 0.2) is 31.0 Å². The number of aromatic nitrogens is 3. The highest BCUT2D eigenvalue weighted by Crippen LogP contribution is 2.47. The summed E-state index contributed by atoms with van der Waals surface area (Å²) in [7, 11) is 0. The van der Waals surface area contributed by atoms with Crippen molar-refractivity contribution in [3.63, 3.8) is 0 Å². The molecule has 4 unspecified atom stereocenters. The van der Waals surface area contributed by atoms with Crippen molar-refractivity contribution in [2.45, 2.75) is 56.9 Å². The molecule has 47 heavy (non-hydrogen) atoms. The maximum absolute atomic E-state index is 16.8. The fraction of sp³-hybridized carbons (Fsp3) is 0.424. The number of amides is 1. The number of thiophene rings is 1. The highest BCUT2D eigenvalue weighted by atomic mass is 32.1. The van der Waals surface area contributed by atoms with E-state index in [-0.39, 0.29) is 68.2 Å². The number of hydrogen-bond donors (Lipinski definition) is 1. The van der Waals surface area contributed by atoms with Gasteiger partial charge in [0.15, 0.2) is 5.82 Å². The van der Waals surface area contributed by atoms with Gasteiger partial charge in [0.25, 0.3) is 0 Å². The van der Waals surface area contributed by atoms with E-state index in [9.17, 15) is 13.6 Å². The molecule has 3 saturated heterocycles. The van der Waals surface area contributed by atoms with E-state index < -0.39 is 23.3 Å². The van der Waals surface area contributed by atoms with Crippen LogP contribution in [0.1, 0.15) is 33.1 Å². The molecule has 1 amide bonds. The molecule has 0 saturated carbocycles. The van der Waals surface area contributed by atoms with Crippen molar-refractivity contribution in [1.29, 1.82) is 0 Å². The highest BCUT2D eigenvalue weighted by molar-refractivity contribution is 7.23. The van der Waals surface area contributed by atoms with Gasteiger partial charge in [0.2, 0.25) is 11.6 Å². The molecule has 3 aliphatic heterocycles. The number of pyridine rings is 1. The second-order valence-electron chi connectivity index (χ2n) is 12.6. The van der Waals surface area contributed by atoms with E-state index in [1.165, 1.54) is 24.4 Å². The maximum atomic E-state index is 16.8. The number of anilines is 2. The Morgan fingerprint density at radius 1 is 1.26 bits per heavy atom. The van der Waals surface area contributed by atoms with E-state index >= 15 is 4.39 Å². The molecule has 4 aromatic rings. The number of ether oxygens (including phenoxy) is 1. The third-order valence-electron chi connectivity index (χ3n) is 9.75. The molecule has 0 spiro atoms. The van der Waals surface area contributed by atoms with Crippen LogP contribution in [0.25, 0.3) is 37.1 Å². The largest absolute Gasteiger partial charge is 0.461 e. The summed E-state index contributed by atoms with van der Waals surface area (Å²) < 4.78 is 52.5. The Labute approximate surface area is 273 Å². The van der Waals surface area contributed by atoms with Gasteiger partial charge in [-0.05, 0) is 45.4 Å². The lowest BCUT2D eigenvalue weighted by molar-refractivity contribution is -0.128. The topological polar surface area (TPSA) is 105 Å². The molecule has 0 aliphatic carbocycles. The van der Waals surface area contributed by atoms with E-state index in [4.69, 9.17) is 22.0 Å². The van der Waals surface area contributed by atoms with Gasteiger partial charge in [0, 0.05) is 55.3 Å². The predicted molar refractivity (Wildman–Crippen MR) is 175 cm³/mol. The van der Waals surface area contributed by atoms with Crippen LogP contribution < -0.4 is 15.4 Å². The number of fused-ring (bicyclic) bond motifs is 3. The minimum Gasteiger partial charge on any atom is -0.461 e. The lowest BCUT2D eigenvalue weighted by Gasteiger charge is -2.44. The van der Waals surface area contributed by atoms with Gasteiger partial charge in [-0.1, -0.05) is 12.6 Å². The Hall–Kier alpha value is -4.48. The number of hydrogen-bond acceptors (Lipinski definition) is 9. The van der Waals surface area contributed by atoms with E-state index in [0.29, 0.717) is 37.3 Å². The summed E-state index contributed by atoms with van der Waals surface area (Å²) in [6, 6.07) is 2.09. The number of carbonyl (C=O) groups excluding carboxylic acids is 1. The molecular weight excluding hydrogens is 629 g/mol. The van der Waals surface area contributed by atoms with Crippen LogP contribution in [-0.4, -0.2) is 87.2 Å². The fourth-order valence-corrected chi connectivity index (χ4v) is 8.41. The van der Waals surface area contributed by atoms with Gasteiger partial charge in [0.05, 0.1) is 27.2 Å². The molecule has 2 N–H and O–H groups in total.